The number of rotatable bonds is 6. The van der Waals surface area contributed by atoms with Crippen LogP contribution in [0.3, 0.4) is 0 Å². The van der Waals surface area contributed by atoms with Gasteiger partial charge in [-0.05, 0) is 44.1 Å². The zero-order chi connectivity index (χ0) is 12.7. The number of carbonyl (C=O) groups is 1. The Kier molecular flexibility index (Phi) is 5.49. The predicted molar refractivity (Wildman–Crippen MR) is 70.7 cm³/mol. The van der Waals surface area contributed by atoms with Crippen LogP contribution in [0, 0.1) is 0 Å². The summed E-state index contributed by atoms with van der Waals surface area (Å²) in [6, 6.07) is 7.94. The van der Waals surface area contributed by atoms with Crippen LogP contribution in [0.15, 0.2) is 24.3 Å². The zero-order valence-corrected chi connectivity index (χ0v) is 10.6. The minimum atomic E-state index is 0.0555. The van der Waals surface area contributed by atoms with Crippen LogP contribution >= 0.6 is 0 Å². The summed E-state index contributed by atoms with van der Waals surface area (Å²) in [4.78, 5) is 13.2. The van der Waals surface area contributed by atoms with E-state index in [0.717, 1.165) is 25.1 Å². The number of hydrogen-bond acceptors (Lipinski definition) is 3. The van der Waals surface area contributed by atoms with Crippen molar-refractivity contribution in [2.45, 2.75) is 12.8 Å². The van der Waals surface area contributed by atoms with E-state index in [1.54, 1.807) is 7.05 Å². The molecule has 0 unspecified atom stereocenters. The number of aryl methyl sites for hydroxylation is 1. The second-order valence-corrected chi connectivity index (χ2v) is 4.26. The number of benzene rings is 1. The largest absolute Gasteiger partial charge is 0.399 e. The van der Waals surface area contributed by atoms with Gasteiger partial charge in [0.05, 0.1) is 6.54 Å². The van der Waals surface area contributed by atoms with E-state index < -0.39 is 0 Å². The number of likely N-dealkylation sites (N-methyl/N-ethyl adjacent to an activating group) is 2. The molecule has 17 heavy (non-hydrogen) atoms. The molecular formula is C13H21N3O. The average molecular weight is 235 g/mol. The molecule has 4 heteroatoms. The van der Waals surface area contributed by atoms with Gasteiger partial charge >= 0.3 is 0 Å². The van der Waals surface area contributed by atoms with Gasteiger partial charge in [-0.2, -0.15) is 0 Å². The molecule has 1 aromatic rings. The number of nitrogens with one attached hydrogen (secondary N) is 1. The number of hydrogen-bond donors (Lipinski definition) is 2. The third-order valence-electron chi connectivity index (χ3n) is 2.68. The molecule has 1 rings (SSSR count). The SMILES string of the molecule is CNC(=O)CN(C)CCCc1ccc(N)cc1. The highest BCUT2D eigenvalue weighted by Gasteiger charge is 2.03. The molecule has 0 fully saturated rings. The molecule has 94 valence electrons. The Morgan fingerprint density at radius 3 is 2.59 bits per heavy atom. The van der Waals surface area contributed by atoms with Gasteiger partial charge in [-0.15, -0.1) is 0 Å². The van der Waals surface area contributed by atoms with Crippen molar-refractivity contribution in [2.24, 2.45) is 0 Å². The third kappa shape index (κ3) is 5.36. The number of nitrogens with zero attached hydrogens (tertiary/aromatic N) is 1. The van der Waals surface area contributed by atoms with E-state index >= 15 is 0 Å². The van der Waals surface area contributed by atoms with Crippen molar-refractivity contribution in [3.63, 3.8) is 0 Å². The summed E-state index contributed by atoms with van der Waals surface area (Å²) in [6.45, 7) is 1.37. The van der Waals surface area contributed by atoms with Crippen LogP contribution in [-0.4, -0.2) is 38.0 Å². The Hall–Kier alpha value is -1.55. The first-order valence-corrected chi connectivity index (χ1v) is 5.85. The molecule has 3 N–H and O–H groups in total. The predicted octanol–water partition coefficient (Wildman–Crippen LogP) is 0.879. The van der Waals surface area contributed by atoms with Gasteiger partial charge in [-0.25, -0.2) is 0 Å². The lowest BCUT2D eigenvalue weighted by Gasteiger charge is -2.15. The summed E-state index contributed by atoms with van der Waals surface area (Å²) in [7, 11) is 3.61. The Balaban J connectivity index is 2.23. The topological polar surface area (TPSA) is 58.4 Å². The molecule has 1 aromatic carbocycles. The van der Waals surface area contributed by atoms with Crippen molar-refractivity contribution in [1.82, 2.24) is 10.2 Å². The molecule has 0 aliphatic heterocycles. The molecule has 4 nitrogen and oxygen atoms in total. The molecule has 0 atom stereocenters. The maximum atomic E-state index is 11.1. The smallest absolute Gasteiger partial charge is 0.233 e. The highest BCUT2D eigenvalue weighted by molar-refractivity contribution is 5.77. The highest BCUT2D eigenvalue weighted by Crippen LogP contribution is 2.07. The Morgan fingerprint density at radius 1 is 1.35 bits per heavy atom. The summed E-state index contributed by atoms with van der Waals surface area (Å²) in [5, 5.41) is 2.62. The van der Waals surface area contributed by atoms with Crippen LogP contribution in [0.2, 0.25) is 0 Å². The molecular weight excluding hydrogens is 214 g/mol. The molecule has 0 aromatic heterocycles. The summed E-state index contributed by atoms with van der Waals surface area (Å²) in [5.41, 5.74) is 7.70. The number of carbonyl (C=O) groups excluding carboxylic acids is 1. The Bertz CT molecular complexity index is 348. The minimum absolute atomic E-state index is 0.0555. The summed E-state index contributed by atoms with van der Waals surface area (Å²) in [6.07, 6.45) is 2.05. The zero-order valence-electron chi connectivity index (χ0n) is 10.6. The molecule has 0 spiro atoms. The van der Waals surface area contributed by atoms with Gasteiger partial charge in [0.25, 0.3) is 0 Å². The first-order valence-electron chi connectivity index (χ1n) is 5.85. The second kappa shape index (κ2) is 6.91. The normalized spacial score (nSPS) is 10.5. The van der Waals surface area contributed by atoms with Gasteiger partial charge in [0.2, 0.25) is 5.91 Å². The number of anilines is 1. The van der Waals surface area contributed by atoms with Crippen LogP contribution in [0.25, 0.3) is 0 Å². The van der Waals surface area contributed by atoms with Gasteiger partial charge < -0.3 is 11.1 Å². The minimum Gasteiger partial charge on any atom is -0.399 e. The van der Waals surface area contributed by atoms with E-state index in [1.807, 2.05) is 36.2 Å². The van der Waals surface area contributed by atoms with Gasteiger partial charge in [0.1, 0.15) is 0 Å². The fraction of sp³-hybridized carbons (Fsp3) is 0.462. The fourth-order valence-electron chi connectivity index (χ4n) is 1.64. The van der Waals surface area contributed by atoms with Gasteiger partial charge in [-0.3, -0.25) is 9.69 Å². The average Bonchev–Trinajstić information content (AvgIpc) is 2.31. The molecule has 0 aliphatic rings. The van der Waals surface area contributed by atoms with Gasteiger partial charge in [0, 0.05) is 12.7 Å². The molecule has 0 bridgehead atoms. The Morgan fingerprint density at radius 2 is 2.00 bits per heavy atom. The second-order valence-electron chi connectivity index (χ2n) is 4.26. The van der Waals surface area contributed by atoms with E-state index in [0.29, 0.717) is 6.54 Å². The molecule has 0 radical (unpaired) electrons. The quantitative estimate of drug-likeness (QED) is 0.720. The van der Waals surface area contributed by atoms with Crippen LogP contribution in [0.1, 0.15) is 12.0 Å². The molecule has 0 heterocycles. The van der Waals surface area contributed by atoms with Crippen molar-refractivity contribution in [1.29, 1.82) is 0 Å². The highest BCUT2D eigenvalue weighted by atomic mass is 16.1. The lowest BCUT2D eigenvalue weighted by atomic mass is 10.1. The summed E-state index contributed by atoms with van der Waals surface area (Å²) >= 11 is 0. The summed E-state index contributed by atoms with van der Waals surface area (Å²) < 4.78 is 0. The Labute approximate surface area is 103 Å². The first kappa shape index (κ1) is 13.5. The fourth-order valence-corrected chi connectivity index (χ4v) is 1.64. The van der Waals surface area contributed by atoms with Gasteiger partial charge in [-0.1, -0.05) is 12.1 Å². The van der Waals surface area contributed by atoms with E-state index in [9.17, 15) is 4.79 Å². The summed E-state index contributed by atoms with van der Waals surface area (Å²) in [5.74, 6) is 0.0555. The monoisotopic (exact) mass is 235 g/mol. The lowest BCUT2D eigenvalue weighted by Crippen LogP contribution is -2.33. The van der Waals surface area contributed by atoms with Crippen LogP contribution in [-0.2, 0) is 11.2 Å². The standard InChI is InChI=1S/C13H21N3O/c1-15-13(17)10-16(2)9-3-4-11-5-7-12(14)8-6-11/h5-8H,3-4,9-10,14H2,1-2H3,(H,15,17). The van der Waals surface area contributed by atoms with Crippen LogP contribution in [0.5, 0.6) is 0 Å². The van der Waals surface area contributed by atoms with Crippen molar-refractivity contribution in [3.05, 3.63) is 29.8 Å². The first-order chi connectivity index (χ1) is 8.11. The van der Waals surface area contributed by atoms with E-state index in [-0.39, 0.29) is 5.91 Å². The number of amides is 1. The maximum absolute atomic E-state index is 11.1. The van der Waals surface area contributed by atoms with E-state index in [1.165, 1.54) is 5.56 Å². The molecule has 0 saturated carbocycles. The van der Waals surface area contributed by atoms with Crippen molar-refractivity contribution < 1.29 is 4.79 Å². The maximum Gasteiger partial charge on any atom is 0.233 e. The van der Waals surface area contributed by atoms with Crippen LogP contribution in [0.4, 0.5) is 5.69 Å². The third-order valence-corrected chi connectivity index (χ3v) is 2.68. The van der Waals surface area contributed by atoms with Crippen LogP contribution < -0.4 is 11.1 Å². The van der Waals surface area contributed by atoms with E-state index in [4.69, 9.17) is 5.73 Å². The van der Waals surface area contributed by atoms with E-state index in [2.05, 4.69) is 5.32 Å². The molecule has 0 aliphatic carbocycles. The van der Waals surface area contributed by atoms with Crippen molar-refractivity contribution in [3.8, 4) is 0 Å². The molecule has 0 saturated heterocycles. The number of nitrogens with two attached hydrogens (primary N) is 1. The molecule has 1 amide bonds. The van der Waals surface area contributed by atoms with Crippen molar-refractivity contribution >= 4 is 11.6 Å². The lowest BCUT2D eigenvalue weighted by molar-refractivity contribution is -0.121. The van der Waals surface area contributed by atoms with Crippen molar-refractivity contribution in [2.75, 3.05) is 32.9 Å². The number of nitrogen functional groups attached to an aromatic ring is 1. The van der Waals surface area contributed by atoms with Gasteiger partial charge in [0.15, 0.2) is 0 Å².